The number of carbonyl (C=O) groups is 1. The fourth-order valence-electron chi connectivity index (χ4n) is 1.89. The van der Waals surface area contributed by atoms with E-state index in [9.17, 15) is 4.79 Å². The number of rotatable bonds is 10. The molecule has 20 heavy (non-hydrogen) atoms. The van der Waals surface area contributed by atoms with E-state index in [-0.39, 0.29) is 19.0 Å². The number of allylic oxidation sites excluding steroid dienone is 1. The van der Waals surface area contributed by atoms with Gasteiger partial charge in [0.15, 0.2) is 0 Å². The minimum atomic E-state index is -2.87. The zero-order valence-corrected chi connectivity index (χ0v) is 15.1. The van der Waals surface area contributed by atoms with Gasteiger partial charge in [0.1, 0.15) is 0 Å². The highest BCUT2D eigenvalue weighted by Crippen LogP contribution is 2.31. The van der Waals surface area contributed by atoms with Gasteiger partial charge in [0.25, 0.3) is 0 Å². The summed E-state index contributed by atoms with van der Waals surface area (Å²) in [5, 5.41) is 9.01. The minimum Gasteiger partial charge on any atom is -0.478 e. The molecule has 0 radical (unpaired) electrons. The lowest BCUT2D eigenvalue weighted by molar-refractivity contribution is -0.132. The van der Waals surface area contributed by atoms with Gasteiger partial charge in [-0.3, -0.25) is 0 Å². The van der Waals surface area contributed by atoms with Gasteiger partial charge in [-0.25, -0.2) is 4.79 Å². The van der Waals surface area contributed by atoms with Crippen LogP contribution in [0.5, 0.6) is 0 Å². The Hall–Kier alpha value is -0.343. The standard InChI is InChI=1S/C13H26O5Si.H2S/c1-6-12(10-11(5)13(14)15)19(16-7-2,17-8-3)18-9-4;/h10,12H,6-9H2,1-5H3,(H,14,15);1H2. The molecule has 1 N–H and O–H groups in total. The van der Waals surface area contributed by atoms with Gasteiger partial charge in [0.2, 0.25) is 0 Å². The summed E-state index contributed by atoms with van der Waals surface area (Å²) in [4.78, 5) is 11.0. The molecule has 7 heteroatoms. The van der Waals surface area contributed by atoms with Crippen molar-refractivity contribution in [2.24, 2.45) is 0 Å². The maximum Gasteiger partial charge on any atom is 0.508 e. The summed E-state index contributed by atoms with van der Waals surface area (Å²) in [7, 11) is -2.87. The molecule has 1 unspecified atom stereocenters. The van der Waals surface area contributed by atoms with Gasteiger partial charge >= 0.3 is 14.8 Å². The van der Waals surface area contributed by atoms with Crippen LogP contribution in [0, 0.1) is 0 Å². The van der Waals surface area contributed by atoms with Crippen molar-refractivity contribution in [3.63, 3.8) is 0 Å². The molecule has 0 aliphatic carbocycles. The molecule has 0 aromatic carbocycles. The molecule has 0 heterocycles. The van der Waals surface area contributed by atoms with E-state index in [2.05, 4.69) is 0 Å². The van der Waals surface area contributed by atoms with Crippen LogP contribution in [0.4, 0.5) is 0 Å². The molecule has 120 valence electrons. The van der Waals surface area contributed by atoms with Crippen molar-refractivity contribution in [3.05, 3.63) is 11.6 Å². The van der Waals surface area contributed by atoms with Gasteiger partial charge in [-0.15, -0.1) is 0 Å². The maximum atomic E-state index is 11.0. The predicted octanol–water partition coefficient (Wildman–Crippen LogP) is 2.96. The fraction of sp³-hybridized carbons (Fsp3) is 0.769. The van der Waals surface area contributed by atoms with Gasteiger partial charge in [-0.1, -0.05) is 13.0 Å². The molecule has 0 saturated carbocycles. The first-order valence-electron chi connectivity index (χ1n) is 6.80. The van der Waals surface area contributed by atoms with Crippen LogP contribution < -0.4 is 0 Å². The number of aliphatic carboxylic acids is 1. The Labute approximate surface area is 130 Å². The SMILES string of the molecule is CCO[Si](OCC)(OCC)C(C=C(C)C(=O)O)CC.S. The highest BCUT2D eigenvalue weighted by atomic mass is 32.1. The summed E-state index contributed by atoms with van der Waals surface area (Å²) in [6, 6.07) is 0. The van der Waals surface area contributed by atoms with Gasteiger partial charge in [-0.2, -0.15) is 13.5 Å². The van der Waals surface area contributed by atoms with Crippen LogP contribution in [0.15, 0.2) is 11.6 Å². The van der Waals surface area contributed by atoms with Crippen molar-refractivity contribution >= 4 is 28.3 Å². The van der Waals surface area contributed by atoms with Crippen molar-refractivity contribution < 1.29 is 23.2 Å². The maximum absolute atomic E-state index is 11.0. The van der Waals surface area contributed by atoms with Gasteiger partial charge in [-0.05, 0) is 34.1 Å². The summed E-state index contributed by atoms with van der Waals surface area (Å²) in [6.45, 7) is 10.7. The summed E-state index contributed by atoms with van der Waals surface area (Å²) >= 11 is 0. The van der Waals surface area contributed by atoms with E-state index in [1.54, 1.807) is 13.0 Å². The molecule has 5 nitrogen and oxygen atoms in total. The van der Waals surface area contributed by atoms with Crippen molar-refractivity contribution in [3.8, 4) is 0 Å². The molecule has 0 saturated heterocycles. The summed E-state index contributed by atoms with van der Waals surface area (Å²) in [5.74, 6) is -0.925. The Morgan fingerprint density at radius 2 is 1.50 bits per heavy atom. The van der Waals surface area contributed by atoms with E-state index in [1.807, 2.05) is 27.7 Å². The lowest BCUT2D eigenvalue weighted by Crippen LogP contribution is -2.50. The van der Waals surface area contributed by atoms with Crippen LogP contribution in [0.3, 0.4) is 0 Å². The third kappa shape index (κ3) is 6.40. The third-order valence-corrected chi connectivity index (χ3v) is 6.28. The van der Waals surface area contributed by atoms with Crippen molar-refractivity contribution in [2.75, 3.05) is 19.8 Å². The molecule has 0 aliphatic heterocycles. The molecule has 0 spiro atoms. The van der Waals surface area contributed by atoms with Crippen LogP contribution in [0.1, 0.15) is 41.0 Å². The smallest absolute Gasteiger partial charge is 0.478 e. The van der Waals surface area contributed by atoms with Crippen LogP contribution in [-0.2, 0) is 18.1 Å². The molecule has 0 fully saturated rings. The van der Waals surface area contributed by atoms with Crippen LogP contribution >= 0.6 is 13.5 Å². The quantitative estimate of drug-likeness (QED) is 0.494. The zero-order valence-electron chi connectivity index (χ0n) is 13.1. The number of carboxylic acids is 1. The fourth-order valence-corrected chi connectivity index (χ4v) is 4.95. The highest BCUT2D eigenvalue weighted by molar-refractivity contribution is 7.59. The number of carboxylic acid groups (broad SMARTS) is 1. The monoisotopic (exact) mass is 324 g/mol. The lowest BCUT2D eigenvalue weighted by Gasteiger charge is -2.33. The second-order valence-corrected chi connectivity index (χ2v) is 6.89. The molecule has 0 aromatic heterocycles. The molecule has 0 bridgehead atoms. The predicted molar refractivity (Wildman–Crippen MR) is 86.4 cm³/mol. The first-order chi connectivity index (χ1) is 8.97. The molecule has 0 aliphatic rings. The highest BCUT2D eigenvalue weighted by Gasteiger charge is 2.47. The van der Waals surface area contributed by atoms with Crippen molar-refractivity contribution in [1.29, 1.82) is 0 Å². The Morgan fingerprint density at radius 1 is 1.10 bits per heavy atom. The second-order valence-electron chi connectivity index (χ2n) is 4.07. The topological polar surface area (TPSA) is 65.0 Å². The van der Waals surface area contributed by atoms with Crippen LogP contribution in [0.2, 0.25) is 5.54 Å². The summed E-state index contributed by atoms with van der Waals surface area (Å²) < 4.78 is 17.4. The van der Waals surface area contributed by atoms with E-state index in [0.29, 0.717) is 25.4 Å². The van der Waals surface area contributed by atoms with Crippen molar-refractivity contribution in [2.45, 2.75) is 46.6 Å². The molecule has 0 amide bonds. The van der Waals surface area contributed by atoms with Crippen LogP contribution in [-0.4, -0.2) is 39.7 Å². The zero-order chi connectivity index (χ0) is 14.9. The second kappa shape index (κ2) is 11.3. The molecular weight excluding hydrogens is 296 g/mol. The first-order valence-corrected chi connectivity index (χ1v) is 8.61. The molecule has 0 rings (SSSR count). The molecule has 0 aromatic rings. The Kier molecular flexibility index (Phi) is 12.4. The molecular formula is C13H28O5SSi. The third-order valence-electron chi connectivity index (χ3n) is 2.72. The minimum absolute atomic E-state index is 0. The Morgan fingerprint density at radius 3 is 1.75 bits per heavy atom. The Bertz CT molecular complexity index is 292. The van der Waals surface area contributed by atoms with E-state index >= 15 is 0 Å². The van der Waals surface area contributed by atoms with E-state index in [0.717, 1.165) is 6.42 Å². The van der Waals surface area contributed by atoms with E-state index in [1.165, 1.54) is 0 Å². The average Bonchev–Trinajstić information content (AvgIpc) is 2.36. The van der Waals surface area contributed by atoms with Crippen LogP contribution in [0.25, 0.3) is 0 Å². The summed E-state index contributed by atoms with van der Waals surface area (Å²) in [5.41, 5.74) is 0.159. The molecule has 1 atom stereocenters. The van der Waals surface area contributed by atoms with Crippen molar-refractivity contribution in [1.82, 2.24) is 0 Å². The van der Waals surface area contributed by atoms with E-state index < -0.39 is 14.8 Å². The number of hydrogen-bond acceptors (Lipinski definition) is 4. The summed E-state index contributed by atoms with van der Waals surface area (Å²) in [6.07, 6.45) is 2.42. The van der Waals surface area contributed by atoms with Gasteiger partial charge in [0, 0.05) is 30.9 Å². The largest absolute Gasteiger partial charge is 0.508 e. The number of hydrogen-bond donors (Lipinski definition) is 1. The average molecular weight is 325 g/mol. The van der Waals surface area contributed by atoms with Gasteiger partial charge in [0.05, 0.1) is 0 Å². The van der Waals surface area contributed by atoms with Gasteiger partial charge < -0.3 is 18.4 Å². The lowest BCUT2D eigenvalue weighted by atomic mass is 10.2. The van der Waals surface area contributed by atoms with E-state index in [4.69, 9.17) is 18.4 Å². The normalized spacial score (nSPS) is 13.8. The Balaban J connectivity index is 0. The first kappa shape index (κ1) is 21.9.